The minimum Gasteiger partial charge on any atom is -0.399 e. The topological polar surface area (TPSA) is 26.0 Å². The summed E-state index contributed by atoms with van der Waals surface area (Å²) in [6.07, 6.45) is 0. The fraction of sp³-hybridized carbons (Fsp3) is 0.0769. The average molecular weight is 269 g/mol. The van der Waals surface area contributed by atoms with Crippen molar-refractivity contribution in [3.63, 3.8) is 0 Å². The zero-order valence-corrected chi connectivity index (χ0v) is 10.1. The normalized spacial score (nSPS) is 10.6. The maximum absolute atomic E-state index is 13.4. The van der Waals surface area contributed by atoms with Crippen molar-refractivity contribution in [1.29, 1.82) is 0 Å². The molecule has 0 amide bonds. The molecule has 0 fully saturated rings. The van der Waals surface area contributed by atoms with Gasteiger partial charge in [-0.05, 0) is 35.9 Å². The second kappa shape index (κ2) is 5.35. The van der Waals surface area contributed by atoms with E-state index in [2.05, 4.69) is 0 Å². The second-order valence-electron chi connectivity index (χ2n) is 3.76. The Balaban J connectivity index is 2.11. The molecule has 0 aliphatic carbocycles. The summed E-state index contributed by atoms with van der Waals surface area (Å²) in [5.41, 5.74) is 6.48. The molecule has 0 heterocycles. The lowest BCUT2D eigenvalue weighted by Gasteiger charge is -2.05. The third kappa shape index (κ3) is 3.20. The Labute approximate surface area is 107 Å². The van der Waals surface area contributed by atoms with Crippen molar-refractivity contribution in [2.45, 2.75) is 10.6 Å². The zero-order chi connectivity index (χ0) is 13.1. The number of hydrogen-bond acceptors (Lipinski definition) is 2. The van der Waals surface area contributed by atoms with Crippen LogP contribution in [0.15, 0.2) is 41.3 Å². The van der Waals surface area contributed by atoms with Gasteiger partial charge in [0.15, 0.2) is 0 Å². The first-order valence-electron chi connectivity index (χ1n) is 5.17. The predicted molar refractivity (Wildman–Crippen MR) is 66.7 cm³/mol. The molecule has 0 aromatic heterocycles. The van der Waals surface area contributed by atoms with Crippen LogP contribution in [0.4, 0.5) is 18.9 Å². The Bertz CT molecular complexity index is 552. The second-order valence-corrected chi connectivity index (χ2v) is 4.77. The van der Waals surface area contributed by atoms with Crippen LogP contribution in [0.1, 0.15) is 5.56 Å². The van der Waals surface area contributed by atoms with E-state index in [-0.39, 0.29) is 0 Å². The molecule has 2 aromatic carbocycles. The first kappa shape index (κ1) is 12.8. The molecule has 0 aliphatic heterocycles. The zero-order valence-electron chi connectivity index (χ0n) is 9.29. The number of anilines is 1. The van der Waals surface area contributed by atoms with E-state index in [0.29, 0.717) is 21.9 Å². The van der Waals surface area contributed by atoms with Crippen LogP contribution >= 0.6 is 11.8 Å². The molecule has 5 heteroatoms. The summed E-state index contributed by atoms with van der Waals surface area (Å²) in [5.74, 6) is -1.30. The molecule has 18 heavy (non-hydrogen) atoms. The van der Waals surface area contributed by atoms with E-state index in [1.807, 2.05) is 0 Å². The minimum atomic E-state index is -0.621. The largest absolute Gasteiger partial charge is 0.399 e. The van der Waals surface area contributed by atoms with Gasteiger partial charge in [0.2, 0.25) is 0 Å². The molecule has 0 atom stereocenters. The Morgan fingerprint density at radius 3 is 2.39 bits per heavy atom. The van der Waals surface area contributed by atoms with E-state index in [4.69, 9.17) is 5.73 Å². The maximum Gasteiger partial charge on any atom is 0.139 e. The molecule has 1 nitrogen and oxygen atoms in total. The standard InChI is InChI=1S/C13H10F3NS/c14-9-1-2-13(12(16)6-9)18-7-8-3-10(15)5-11(17)4-8/h1-6H,7,17H2. The SMILES string of the molecule is Nc1cc(F)cc(CSc2ccc(F)cc2F)c1. The highest BCUT2D eigenvalue weighted by atomic mass is 32.2. The number of halogens is 3. The Kier molecular flexibility index (Phi) is 3.81. The van der Waals surface area contributed by atoms with Gasteiger partial charge < -0.3 is 5.73 Å². The number of nitrogen functional groups attached to an aromatic ring is 1. The minimum absolute atomic E-state index is 0.319. The van der Waals surface area contributed by atoms with E-state index in [1.54, 1.807) is 6.07 Å². The summed E-state index contributed by atoms with van der Waals surface area (Å²) in [5, 5.41) is 0. The summed E-state index contributed by atoms with van der Waals surface area (Å²) in [6, 6.07) is 7.54. The van der Waals surface area contributed by atoms with Crippen molar-refractivity contribution in [2.75, 3.05) is 5.73 Å². The van der Waals surface area contributed by atoms with E-state index >= 15 is 0 Å². The lowest BCUT2D eigenvalue weighted by Crippen LogP contribution is -1.91. The summed E-state index contributed by atoms with van der Waals surface area (Å²) >= 11 is 1.16. The van der Waals surface area contributed by atoms with Crippen LogP contribution < -0.4 is 5.73 Å². The van der Waals surface area contributed by atoms with E-state index < -0.39 is 17.5 Å². The highest BCUT2D eigenvalue weighted by Crippen LogP contribution is 2.26. The third-order valence-corrected chi connectivity index (χ3v) is 3.39. The van der Waals surface area contributed by atoms with Gasteiger partial charge in [0.25, 0.3) is 0 Å². The average Bonchev–Trinajstić information content (AvgIpc) is 2.26. The van der Waals surface area contributed by atoms with Gasteiger partial charge in [0.05, 0.1) is 0 Å². The van der Waals surface area contributed by atoms with Crippen molar-refractivity contribution in [1.82, 2.24) is 0 Å². The van der Waals surface area contributed by atoms with Crippen molar-refractivity contribution >= 4 is 17.4 Å². The van der Waals surface area contributed by atoms with Crippen LogP contribution in [0.25, 0.3) is 0 Å². The quantitative estimate of drug-likeness (QED) is 0.673. The summed E-state index contributed by atoms with van der Waals surface area (Å²) in [4.78, 5) is 0.319. The lowest BCUT2D eigenvalue weighted by molar-refractivity contribution is 0.565. The van der Waals surface area contributed by atoms with E-state index in [1.165, 1.54) is 24.3 Å². The van der Waals surface area contributed by atoms with Gasteiger partial charge in [-0.15, -0.1) is 11.8 Å². The smallest absolute Gasteiger partial charge is 0.139 e. The van der Waals surface area contributed by atoms with Crippen LogP contribution in [-0.2, 0) is 5.75 Å². The van der Waals surface area contributed by atoms with Crippen LogP contribution in [0, 0.1) is 17.5 Å². The molecule has 0 unspecified atom stereocenters. The van der Waals surface area contributed by atoms with Gasteiger partial charge in [-0.25, -0.2) is 13.2 Å². The maximum atomic E-state index is 13.4. The van der Waals surface area contributed by atoms with Crippen molar-refractivity contribution in [2.24, 2.45) is 0 Å². The molecule has 0 spiro atoms. The molecule has 0 saturated heterocycles. The Hall–Kier alpha value is -1.62. The van der Waals surface area contributed by atoms with Gasteiger partial charge in [-0.3, -0.25) is 0 Å². The molecule has 2 rings (SSSR count). The fourth-order valence-electron chi connectivity index (χ4n) is 1.51. The lowest BCUT2D eigenvalue weighted by atomic mass is 10.2. The highest BCUT2D eigenvalue weighted by Gasteiger charge is 2.06. The van der Waals surface area contributed by atoms with Gasteiger partial charge >= 0.3 is 0 Å². The fourth-order valence-corrected chi connectivity index (χ4v) is 2.36. The third-order valence-electron chi connectivity index (χ3n) is 2.27. The Morgan fingerprint density at radius 2 is 1.72 bits per heavy atom. The molecular weight excluding hydrogens is 259 g/mol. The van der Waals surface area contributed by atoms with Gasteiger partial charge in [-0.1, -0.05) is 0 Å². The first-order chi connectivity index (χ1) is 8.54. The van der Waals surface area contributed by atoms with E-state index in [9.17, 15) is 13.2 Å². The van der Waals surface area contributed by atoms with Crippen molar-refractivity contribution < 1.29 is 13.2 Å². The van der Waals surface area contributed by atoms with Gasteiger partial charge in [-0.2, -0.15) is 0 Å². The molecule has 0 radical (unpaired) electrons. The van der Waals surface area contributed by atoms with Crippen molar-refractivity contribution in [3.8, 4) is 0 Å². The van der Waals surface area contributed by atoms with Crippen LogP contribution in [-0.4, -0.2) is 0 Å². The molecule has 0 saturated carbocycles. The molecular formula is C13H10F3NS. The molecule has 94 valence electrons. The number of nitrogens with two attached hydrogens (primary N) is 1. The monoisotopic (exact) mass is 269 g/mol. The number of hydrogen-bond donors (Lipinski definition) is 1. The summed E-state index contributed by atoms with van der Waals surface area (Å²) < 4.78 is 39.1. The van der Waals surface area contributed by atoms with Gasteiger partial charge in [0.1, 0.15) is 17.5 Å². The first-order valence-corrected chi connectivity index (χ1v) is 6.16. The number of thioether (sulfide) groups is 1. The van der Waals surface area contributed by atoms with Crippen LogP contribution in [0.2, 0.25) is 0 Å². The molecule has 2 aromatic rings. The Morgan fingerprint density at radius 1 is 0.944 bits per heavy atom. The predicted octanol–water partition coefficient (Wildman–Crippen LogP) is 3.98. The highest BCUT2D eigenvalue weighted by molar-refractivity contribution is 7.98. The molecule has 2 N–H and O–H groups in total. The van der Waals surface area contributed by atoms with Gasteiger partial charge in [0, 0.05) is 22.4 Å². The molecule has 0 bridgehead atoms. The summed E-state index contributed by atoms with van der Waals surface area (Å²) in [7, 11) is 0. The van der Waals surface area contributed by atoms with Crippen molar-refractivity contribution in [3.05, 3.63) is 59.4 Å². The van der Waals surface area contributed by atoms with Crippen LogP contribution in [0.3, 0.4) is 0 Å². The van der Waals surface area contributed by atoms with E-state index in [0.717, 1.165) is 17.8 Å². The summed E-state index contributed by atoms with van der Waals surface area (Å²) in [6.45, 7) is 0. The van der Waals surface area contributed by atoms with Crippen LogP contribution in [0.5, 0.6) is 0 Å². The number of rotatable bonds is 3. The number of benzene rings is 2. The molecule has 0 aliphatic rings.